The van der Waals surface area contributed by atoms with Gasteiger partial charge in [0.1, 0.15) is 18.1 Å². The van der Waals surface area contributed by atoms with Gasteiger partial charge in [0, 0.05) is 0 Å². The molecule has 0 saturated heterocycles. The van der Waals surface area contributed by atoms with E-state index < -0.39 is 0 Å². The number of carbonyl (C=O) groups is 1. The number of aryl methyl sites for hydroxylation is 1. The van der Waals surface area contributed by atoms with E-state index in [1.165, 1.54) is 6.92 Å². The van der Waals surface area contributed by atoms with Crippen LogP contribution in [0.4, 0.5) is 0 Å². The Kier molecular flexibility index (Phi) is 5.01. The number of hydrogen-bond donors (Lipinski definition) is 0. The molecule has 1 atom stereocenters. The van der Waals surface area contributed by atoms with Crippen LogP contribution in [0.15, 0.2) is 18.2 Å². The molecule has 1 aromatic carbocycles. The summed E-state index contributed by atoms with van der Waals surface area (Å²) in [5.74, 6) is 1.59. The minimum Gasteiger partial charge on any atom is -0.490 e. The highest BCUT2D eigenvalue weighted by molar-refractivity contribution is 5.77. The van der Waals surface area contributed by atoms with Gasteiger partial charge in [-0.2, -0.15) is 0 Å². The van der Waals surface area contributed by atoms with Crippen molar-refractivity contribution in [2.75, 3.05) is 6.61 Å². The second kappa shape index (κ2) is 6.28. The summed E-state index contributed by atoms with van der Waals surface area (Å²) in [7, 11) is 0. The number of ketones is 1. The third-order valence-electron chi connectivity index (χ3n) is 2.49. The molecule has 0 aliphatic rings. The molecule has 3 heteroatoms. The zero-order chi connectivity index (χ0) is 12.8. The number of carbonyl (C=O) groups excluding carboxylic acids is 1. The first kappa shape index (κ1) is 13.6. The predicted octanol–water partition coefficient (Wildman–Crippen LogP) is 3.14. The maximum absolute atomic E-state index is 10.8. The lowest BCUT2D eigenvalue weighted by Crippen LogP contribution is -2.11. The first-order valence-electron chi connectivity index (χ1n) is 5.92. The molecular weight excluding hydrogens is 216 g/mol. The van der Waals surface area contributed by atoms with Crippen LogP contribution < -0.4 is 9.47 Å². The van der Waals surface area contributed by atoms with E-state index in [4.69, 9.17) is 9.47 Å². The predicted molar refractivity (Wildman–Crippen MR) is 67.7 cm³/mol. The molecule has 0 aliphatic carbocycles. The van der Waals surface area contributed by atoms with Crippen LogP contribution in [0.1, 0.15) is 32.8 Å². The molecule has 94 valence electrons. The summed E-state index contributed by atoms with van der Waals surface area (Å²) in [6.45, 7) is 7.72. The first-order valence-corrected chi connectivity index (χ1v) is 5.92. The van der Waals surface area contributed by atoms with E-state index in [-0.39, 0.29) is 18.5 Å². The summed E-state index contributed by atoms with van der Waals surface area (Å²) >= 11 is 0. The van der Waals surface area contributed by atoms with Crippen molar-refractivity contribution in [1.82, 2.24) is 0 Å². The maximum Gasteiger partial charge on any atom is 0.167 e. The molecule has 0 radical (unpaired) electrons. The van der Waals surface area contributed by atoms with E-state index in [0.717, 1.165) is 17.7 Å². The van der Waals surface area contributed by atoms with Gasteiger partial charge >= 0.3 is 0 Å². The lowest BCUT2D eigenvalue weighted by atomic mass is 10.2. The summed E-state index contributed by atoms with van der Waals surface area (Å²) in [6, 6.07) is 5.60. The molecule has 0 aliphatic heterocycles. The molecule has 1 aromatic rings. The number of benzene rings is 1. The van der Waals surface area contributed by atoms with Gasteiger partial charge in [-0.3, -0.25) is 4.79 Å². The minimum absolute atomic E-state index is 0.0163. The largest absolute Gasteiger partial charge is 0.490 e. The zero-order valence-electron chi connectivity index (χ0n) is 10.9. The third-order valence-corrected chi connectivity index (χ3v) is 2.49. The van der Waals surface area contributed by atoms with Gasteiger partial charge in [-0.15, -0.1) is 0 Å². The van der Waals surface area contributed by atoms with Gasteiger partial charge in [0.25, 0.3) is 0 Å². The summed E-state index contributed by atoms with van der Waals surface area (Å²) in [4.78, 5) is 10.8. The van der Waals surface area contributed by atoms with Crippen LogP contribution in [0.5, 0.6) is 11.5 Å². The van der Waals surface area contributed by atoms with Crippen molar-refractivity contribution in [3.05, 3.63) is 23.8 Å². The van der Waals surface area contributed by atoms with Crippen LogP contribution in [-0.2, 0) is 4.79 Å². The van der Waals surface area contributed by atoms with Crippen LogP contribution >= 0.6 is 0 Å². The minimum atomic E-state index is 0.0163. The van der Waals surface area contributed by atoms with Crippen molar-refractivity contribution in [3.63, 3.8) is 0 Å². The summed E-state index contributed by atoms with van der Waals surface area (Å²) < 4.78 is 11.1. The molecule has 17 heavy (non-hydrogen) atoms. The van der Waals surface area contributed by atoms with Gasteiger partial charge in [0.2, 0.25) is 0 Å². The lowest BCUT2D eigenvalue weighted by molar-refractivity contribution is -0.118. The second-order valence-corrected chi connectivity index (χ2v) is 4.25. The smallest absolute Gasteiger partial charge is 0.167 e. The lowest BCUT2D eigenvalue weighted by Gasteiger charge is -2.15. The summed E-state index contributed by atoms with van der Waals surface area (Å²) in [6.07, 6.45) is 1.18. The first-order chi connectivity index (χ1) is 8.02. The van der Waals surface area contributed by atoms with Crippen LogP contribution in [-0.4, -0.2) is 18.5 Å². The standard InChI is InChI=1S/C14H20O3/c1-5-12(4)17-14-7-6-13(8-10(14)2)16-9-11(3)15/h6-8,12H,5,9H2,1-4H3. The molecule has 0 amide bonds. The van der Waals surface area contributed by atoms with Crippen molar-refractivity contribution >= 4 is 5.78 Å². The van der Waals surface area contributed by atoms with Crippen molar-refractivity contribution in [3.8, 4) is 11.5 Å². The fraction of sp³-hybridized carbons (Fsp3) is 0.500. The molecule has 1 rings (SSSR count). The molecule has 0 fully saturated rings. The van der Waals surface area contributed by atoms with Crippen molar-refractivity contribution < 1.29 is 14.3 Å². The molecule has 0 N–H and O–H groups in total. The Labute approximate surface area is 103 Å². The Morgan fingerprint density at radius 2 is 2.12 bits per heavy atom. The number of rotatable bonds is 6. The molecule has 1 unspecified atom stereocenters. The van der Waals surface area contributed by atoms with Gasteiger partial charge in [0.15, 0.2) is 5.78 Å². The number of Topliss-reactive ketones (excluding diaryl/α,β-unsaturated/α-hetero) is 1. The Hall–Kier alpha value is -1.51. The van der Waals surface area contributed by atoms with E-state index in [1.807, 2.05) is 32.0 Å². The Bertz CT molecular complexity index is 385. The zero-order valence-corrected chi connectivity index (χ0v) is 10.9. The normalized spacial score (nSPS) is 12.0. The molecule has 0 saturated carbocycles. The highest BCUT2D eigenvalue weighted by Crippen LogP contribution is 2.24. The van der Waals surface area contributed by atoms with E-state index in [2.05, 4.69) is 6.92 Å². The van der Waals surface area contributed by atoms with Gasteiger partial charge in [-0.05, 0) is 51.0 Å². The number of ether oxygens (including phenoxy) is 2. The third kappa shape index (κ3) is 4.47. The van der Waals surface area contributed by atoms with Gasteiger partial charge < -0.3 is 9.47 Å². The average Bonchev–Trinajstić information content (AvgIpc) is 2.29. The van der Waals surface area contributed by atoms with Crippen LogP contribution in [0.2, 0.25) is 0 Å². The van der Waals surface area contributed by atoms with Crippen LogP contribution in [0.3, 0.4) is 0 Å². The second-order valence-electron chi connectivity index (χ2n) is 4.25. The Morgan fingerprint density at radius 3 is 2.65 bits per heavy atom. The SMILES string of the molecule is CCC(C)Oc1ccc(OCC(C)=O)cc1C. The van der Waals surface area contributed by atoms with Gasteiger partial charge in [0.05, 0.1) is 6.10 Å². The highest BCUT2D eigenvalue weighted by Gasteiger charge is 2.06. The van der Waals surface area contributed by atoms with Crippen molar-refractivity contribution in [2.24, 2.45) is 0 Å². The fourth-order valence-corrected chi connectivity index (χ4v) is 1.33. The summed E-state index contributed by atoms with van der Waals surface area (Å²) in [5, 5.41) is 0. The average molecular weight is 236 g/mol. The Balaban J connectivity index is 2.68. The van der Waals surface area contributed by atoms with Crippen LogP contribution in [0.25, 0.3) is 0 Å². The highest BCUT2D eigenvalue weighted by atomic mass is 16.5. The van der Waals surface area contributed by atoms with E-state index in [0.29, 0.717) is 5.75 Å². The fourth-order valence-electron chi connectivity index (χ4n) is 1.33. The maximum atomic E-state index is 10.8. The molecule has 3 nitrogen and oxygen atoms in total. The Morgan fingerprint density at radius 1 is 1.41 bits per heavy atom. The monoisotopic (exact) mass is 236 g/mol. The van der Waals surface area contributed by atoms with Crippen molar-refractivity contribution in [2.45, 2.75) is 40.2 Å². The molecular formula is C14H20O3. The molecule has 0 aromatic heterocycles. The topological polar surface area (TPSA) is 35.5 Å². The van der Waals surface area contributed by atoms with E-state index >= 15 is 0 Å². The quantitative estimate of drug-likeness (QED) is 0.761. The van der Waals surface area contributed by atoms with E-state index in [1.54, 1.807) is 0 Å². The molecule has 0 spiro atoms. The number of hydrogen-bond acceptors (Lipinski definition) is 3. The summed E-state index contributed by atoms with van der Waals surface area (Å²) in [5.41, 5.74) is 1.02. The molecule has 0 heterocycles. The van der Waals surface area contributed by atoms with Gasteiger partial charge in [-0.1, -0.05) is 6.92 Å². The van der Waals surface area contributed by atoms with Crippen molar-refractivity contribution in [1.29, 1.82) is 0 Å². The van der Waals surface area contributed by atoms with Crippen LogP contribution in [0, 0.1) is 6.92 Å². The molecule has 0 bridgehead atoms. The van der Waals surface area contributed by atoms with E-state index in [9.17, 15) is 4.79 Å². The van der Waals surface area contributed by atoms with Gasteiger partial charge in [-0.25, -0.2) is 0 Å².